The molecule has 0 saturated carbocycles. The van der Waals surface area contributed by atoms with Crippen molar-refractivity contribution in [1.82, 2.24) is 5.32 Å². The maximum atomic E-state index is 12.0. The van der Waals surface area contributed by atoms with Gasteiger partial charge in [0.2, 0.25) is 0 Å². The molecule has 0 bridgehead atoms. The molecule has 0 saturated heterocycles. The van der Waals surface area contributed by atoms with Gasteiger partial charge < -0.3 is 19.5 Å². The molecular weight excluding hydrogens is 310 g/mol. The molecule has 2 atom stereocenters. The average Bonchev–Trinajstić information content (AvgIpc) is 2.52. The number of rotatable bonds is 6. The van der Waals surface area contributed by atoms with Crippen molar-refractivity contribution in [2.75, 3.05) is 7.11 Å². The molecule has 0 aliphatic carbocycles. The summed E-state index contributed by atoms with van der Waals surface area (Å²) in [7, 11) is 1.21. The molecule has 0 radical (unpaired) electrons. The highest BCUT2D eigenvalue weighted by Gasteiger charge is 2.32. The summed E-state index contributed by atoms with van der Waals surface area (Å²) < 4.78 is 15.4. The van der Waals surface area contributed by atoms with Crippen molar-refractivity contribution in [3.05, 3.63) is 35.9 Å². The first-order chi connectivity index (χ1) is 11.3. The van der Waals surface area contributed by atoms with E-state index < -0.39 is 29.8 Å². The number of benzene rings is 1. The Kier molecular flexibility index (Phi) is 7.28. The standard InChI is InChI=1S/C18H23NO5/c1-6-14(23-12-13-10-8-7-9-11-13)15(16(20)22-5)19-17(21)24-18(2,3)4/h1,7-11,14-15H,12H2,2-5H3,(H,19,21)/t14-,15-/m1/s1. The lowest BCUT2D eigenvalue weighted by Gasteiger charge is -2.25. The summed E-state index contributed by atoms with van der Waals surface area (Å²) in [6.07, 6.45) is 3.69. The molecule has 24 heavy (non-hydrogen) atoms. The SMILES string of the molecule is C#C[C@@H](OCc1ccccc1)[C@@H](NC(=O)OC(C)(C)C)C(=O)OC. The highest BCUT2D eigenvalue weighted by atomic mass is 16.6. The normalized spacial score (nSPS) is 13.3. The van der Waals surface area contributed by atoms with Gasteiger partial charge in [-0.1, -0.05) is 36.3 Å². The summed E-state index contributed by atoms with van der Waals surface area (Å²) in [5.41, 5.74) is 0.181. The van der Waals surface area contributed by atoms with Crippen LogP contribution in [0.5, 0.6) is 0 Å². The van der Waals surface area contributed by atoms with E-state index in [2.05, 4.69) is 11.2 Å². The van der Waals surface area contributed by atoms with Crippen LogP contribution in [0.25, 0.3) is 0 Å². The van der Waals surface area contributed by atoms with E-state index in [9.17, 15) is 9.59 Å². The zero-order valence-electron chi connectivity index (χ0n) is 14.4. The number of methoxy groups -OCH3 is 1. The third-order valence-electron chi connectivity index (χ3n) is 2.87. The van der Waals surface area contributed by atoms with Crippen LogP contribution < -0.4 is 5.32 Å². The zero-order valence-corrected chi connectivity index (χ0v) is 14.4. The molecule has 1 N–H and O–H groups in total. The van der Waals surface area contributed by atoms with Crippen molar-refractivity contribution in [3.8, 4) is 12.3 Å². The first-order valence-electron chi connectivity index (χ1n) is 7.46. The Hall–Kier alpha value is -2.52. The molecule has 6 heteroatoms. The second-order valence-electron chi connectivity index (χ2n) is 6.03. The summed E-state index contributed by atoms with van der Waals surface area (Å²) in [4.78, 5) is 23.9. The van der Waals surface area contributed by atoms with Crippen molar-refractivity contribution >= 4 is 12.1 Å². The third-order valence-corrected chi connectivity index (χ3v) is 2.87. The fourth-order valence-corrected chi connectivity index (χ4v) is 1.82. The number of ether oxygens (including phenoxy) is 3. The molecule has 0 unspecified atom stereocenters. The van der Waals surface area contributed by atoms with Crippen LogP contribution in [0.15, 0.2) is 30.3 Å². The van der Waals surface area contributed by atoms with Crippen LogP contribution in [-0.4, -0.2) is 36.9 Å². The molecule has 0 heterocycles. The van der Waals surface area contributed by atoms with Gasteiger partial charge in [0.05, 0.1) is 13.7 Å². The Labute approximate surface area is 142 Å². The van der Waals surface area contributed by atoms with Gasteiger partial charge in [-0.3, -0.25) is 0 Å². The van der Waals surface area contributed by atoms with Crippen LogP contribution in [0, 0.1) is 12.3 Å². The quantitative estimate of drug-likeness (QED) is 0.638. The molecule has 1 rings (SSSR count). The van der Waals surface area contributed by atoms with Gasteiger partial charge in [0.15, 0.2) is 6.04 Å². The molecule has 1 aromatic carbocycles. The first kappa shape index (κ1) is 19.5. The van der Waals surface area contributed by atoms with Crippen molar-refractivity contribution in [1.29, 1.82) is 0 Å². The number of nitrogens with one attached hydrogen (secondary N) is 1. The Balaban J connectivity index is 2.78. The van der Waals surface area contributed by atoms with Crippen LogP contribution in [0.2, 0.25) is 0 Å². The van der Waals surface area contributed by atoms with E-state index in [1.165, 1.54) is 7.11 Å². The predicted octanol–water partition coefficient (Wildman–Crippen LogP) is 2.27. The monoisotopic (exact) mass is 333 g/mol. The molecule has 6 nitrogen and oxygen atoms in total. The van der Waals surface area contributed by atoms with Crippen LogP contribution in [0.4, 0.5) is 4.79 Å². The lowest BCUT2D eigenvalue weighted by Crippen LogP contribution is -2.51. The Morgan fingerprint density at radius 3 is 2.38 bits per heavy atom. The highest BCUT2D eigenvalue weighted by molar-refractivity contribution is 5.82. The van der Waals surface area contributed by atoms with Gasteiger partial charge in [-0.25, -0.2) is 9.59 Å². The predicted molar refractivity (Wildman–Crippen MR) is 89.0 cm³/mol. The number of terminal acetylenes is 1. The number of hydrogen-bond donors (Lipinski definition) is 1. The Morgan fingerprint density at radius 1 is 1.25 bits per heavy atom. The summed E-state index contributed by atoms with van der Waals surface area (Å²) in [6.45, 7) is 5.33. The molecule has 1 aromatic rings. The van der Waals surface area contributed by atoms with Crippen LogP contribution in [0.3, 0.4) is 0 Å². The molecule has 0 aliphatic rings. The summed E-state index contributed by atoms with van der Waals surface area (Å²) in [5, 5.41) is 2.41. The molecule has 0 aromatic heterocycles. The Bertz CT molecular complexity index is 586. The lowest BCUT2D eigenvalue weighted by molar-refractivity contribution is -0.146. The van der Waals surface area contributed by atoms with Crippen LogP contribution >= 0.6 is 0 Å². The number of amides is 1. The van der Waals surface area contributed by atoms with E-state index in [0.29, 0.717) is 0 Å². The first-order valence-corrected chi connectivity index (χ1v) is 7.46. The van der Waals surface area contributed by atoms with Crippen molar-refractivity contribution in [3.63, 3.8) is 0 Å². The van der Waals surface area contributed by atoms with Crippen molar-refractivity contribution in [2.45, 2.75) is 45.1 Å². The van der Waals surface area contributed by atoms with Gasteiger partial charge in [0.25, 0.3) is 0 Å². The number of alkyl carbamates (subject to hydrolysis) is 1. The van der Waals surface area contributed by atoms with Gasteiger partial charge in [-0.15, -0.1) is 6.42 Å². The minimum atomic E-state index is -1.17. The Morgan fingerprint density at radius 2 is 1.88 bits per heavy atom. The minimum absolute atomic E-state index is 0.194. The molecule has 0 aliphatic heterocycles. The molecule has 0 fully saturated rings. The smallest absolute Gasteiger partial charge is 0.408 e. The van der Waals surface area contributed by atoms with Crippen molar-refractivity contribution < 1.29 is 23.8 Å². The van der Waals surface area contributed by atoms with E-state index in [1.54, 1.807) is 20.8 Å². The number of esters is 1. The maximum absolute atomic E-state index is 12.0. The second-order valence-corrected chi connectivity index (χ2v) is 6.03. The van der Waals surface area contributed by atoms with Crippen LogP contribution in [0.1, 0.15) is 26.3 Å². The van der Waals surface area contributed by atoms with Gasteiger partial charge in [0, 0.05) is 0 Å². The van der Waals surface area contributed by atoms with Gasteiger partial charge in [-0.2, -0.15) is 0 Å². The van der Waals surface area contributed by atoms with Gasteiger partial charge in [0.1, 0.15) is 11.7 Å². The fourth-order valence-electron chi connectivity index (χ4n) is 1.82. The van der Waals surface area contributed by atoms with Gasteiger partial charge in [-0.05, 0) is 26.3 Å². The second kappa shape index (κ2) is 8.94. The van der Waals surface area contributed by atoms with E-state index in [-0.39, 0.29) is 6.61 Å². The zero-order chi connectivity index (χ0) is 18.2. The number of carbonyl (C=O) groups is 2. The number of carbonyl (C=O) groups excluding carboxylic acids is 2. The molecular formula is C18H23NO5. The van der Waals surface area contributed by atoms with E-state index in [4.69, 9.17) is 20.6 Å². The molecule has 130 valence electrons. The van der Waals surface area contributed by atoms with E-state index in [1.807, 2.05) is 30.3 Å². The lowest BCUT2D eigenvalue weighted by atomic mass is 10.1. The topological polar surface area (TPSA) is 73.9 Å². The number of hydrogen-bond acceptors (Lipinski definition) is 5. The summed E-state index contributed by atoms with van der Waals surface area (Å²) >= 11 is 0. The van der Waals surface area contributed by atoms with Crippen molar-refractivity contribution in [2.24, 2.45) is 0 Å². The largest absolute Gasteiger partial charge is 0.467 e. The maximum Gasteiger partial charge on any atom is 0.408 e. The molecule has 1 amide bonds. The minimum Gasteiger partial charge on any atom is -0.467 e. The summed E-state index contributed by atoms with van der Waals surface area (Å²) in [5.74, 6) is 1.65. The third kappa shape index (κ3) is 6.71. The summed E-state index contributed by atoms with van der Waals surface area (Å²) in [6, 6.07) is 8.16. The van der Waals surface area contributed by atoms with E-state index >= 15 is 0 Å². The molecule has 0 spiro atoms. The fraction of sp³-hybridized carbons (Fsp3) is 0.444. The van der Waals surface area contributed by atoms with E-state index in [0.717, 1.165) is 5.56 Å². The average molecular weight is 333 g/mol. The van der Waals surface area contributed by atoms with Gasteiger partial charge >= 0.3 is 12.1 Å². The van der Waals surface area contributed by atoms with Crippen LogP contribution in [-0.2, 0) is 25.6 Å². The highest BCUT2D eigenvalue weighted by Crippen LogP contribution is 2.10.